The van der Waals surface area contributed by atoms with Gasteiger partial charge in [-0.2, -0.15) is 0 Å². The van der Waals surface area contributed by atoms with Gasteiger partial charge in [-0.25, -0.2) is 9.69 Å². The highest BCUT2D eigenvalue weighted by atomic mass is 35.5. The Bertz CT molecular complexity index is 1330. The van der Waals surface area contributed by atoms with Crippen molar-refractivity contribution in [3.63, 3.8) is 0 Å². The topological polar surface area (TPSA) is 75.7 Å². The number of carbonyl (C=O) groups excluding carboxylic acids is 3. The Balaban J connectivity index is 1.77. The number of hydrogen-bond acceptors (Lipinski definition) is 4. The van der Waals surface area contributed by atoms with E-state index in [1.165, 1.54) is 6.08 Å². The predicted octanol–water partition coefficient (Wildman–Crippen LogP) is 5.22. The average Bonchev–Trinajstić information content (AvgIpc) is 2.78. The number of nitrogens with one attached hydrogen (secondary N) is 1. The molecular weight excluding hydrogens is 452 g/mol. The Morgan fingerprint density at radius 1 is 0.971 bits per heavy atom. The summed E-state index contributed by atoms with van der Waals surface area (Å²) in [6.07, 6.45) is 2.08. The molecule has 1 fully saturated rings. The number of imide groups is 2. The first-order chi connectivity index (χ1) is 16.3. The third-order valence-electron chi connectivity index (χ3n) is 5.52. The molecule has 1 aliphatic rings. The van der Waals surface area contributed by atoms with Gasteiger partial charge in [0.1, 0.15) is 11.3 Å². The van der Waals surface area contributed by atoms with Crippen LogP contribution < -0.4 is 15.0 Å². The van der Waals surface area contributed by atoms with E-state index in [4.69, 9.17) is 16.3 Å². The van der Waals surface area contributed by atoms with Crippen molar-refractivity contribution in [3.8, 4) is 5.75 Å². The summed E-state index contributed by atoms with van der Waals surface area (Å²) in [4.78, 5) is 39.3. The number of barbiturate groups is 1. The van der Waals surface area contributed by atoms with E-state index in [0.717, 1.165) is 27.2 Å². The molecule has 7 heteroatoms. The largest absolute Gasteiger partial charge is 0.497 e. The number of amides is 4. The average molecular weight is 475 g/mol. The van der Waals surface area contributed by atoms with Crippen molar-refractivity contribution in [2.45, 2.75) is 20.3 Å². The first-order valence-corrected chi connectivity index (χ1v) is 11.0. The first-order valence-electron chi connectivity index (χ1n) is 10.7. The summed E-state index contributed by atoms with van der Waals surface area (Å²) in [6.45, 7) is 4.08. The summed E-state index contributed by atoms with van der Waals surface area (Å²) in [5.41, 5.74) is 4.98. The van der Waals surface area contributed by atoms with Crippen LogP contribution in [0.3, 0.4) is 0 Å². The van der Waals surface area contributed by atoms with Crippen molar-refractivity contribution in [2.24, 2.45) is 0 Å². The third kappa shape index (κ3) is 4.72. The number of carbonyl (C=O) groups is 3. The van der Waals surface area contributed by atoms with Gasteiger partial charge in [0.05, 0.1) is 17.8 Å². The fraction of sp³-hybridized carbons (Fsp3) is 0.148. The molecule has 1 heterocycles. The van der Waals surface area contributed by atoms with Crippen LogP contribution in [0, 0.1) is 13.8 Å². The van der Waals surface area contributed by atoms with Gasteiger partial charge in [0.15, 0.2) is 0 Å². The van der Waals surface area contributed by atoms with Crippen LogP contribution in [0.25, 0.3) is 6.08 Å². The summed E-state index contributed by atoms with van der Waals surface area (Å²) in [6, 6.07) is 17.4. The van der Waals surface area contributed by atoms with E-state index in [1.54, 1.807) is 43.5 Å². The number of hydrogen-bond donors (Lipinski definition) is 1. The lowest BCUT2D eigenvalue weighted by Crippen LogP contribution is -2.54. The van der Waals surface area contributed by atoms with Crippen LogP contribution in [0.15, 0.2) is 66.2 Å². The van der Waals surface area contributed by atoms with Crippen LogP contribution in [0.4, 0.5) is 10.5 Å². The smallest absolute Gasteiger partial charge is 0.335 e. The Morgan fingerprint density at radius 2 is 1.68 bits per heavy atom. The van der Waals surface area contributed by atoms with Crippen LogP contribution in [-0.4, -0.2) is 25.0 Å². The summed E-state index contributed by atoms with van der Waals surface area (Å²) in [7, 11) is 1.58. The van der Waals surface area contributed by atoms with E-state index in [-0.39, 0.29) is 16.3 Å². The number of urea groups is 1. The second-order valence-electron chi connectivity index (χ2n) is 8.15. The molecular formula is C27H23ClN2O4. The Morgan fingerprint density at radius 3 is 2.35 bits per heavy atom. The number of ether oxygens (including phenoxy) is 1. The quantitative estimate of drug-likeness (QED) is 0.406. The van der Waals surface area contributed by atoms with Crippen molar-refractivity contribution in [1.29, 1.82) is 0 Å². The van der Waals surface area contributed by atoms with Gasteiger partial charge in [-0.1, -0.05) is 59.1 Å². The van der Waals surface area contributed by atoms with E-state index in [9.17, 15) is 14.4 Å². The van der Waals surface area contributed by atoms with Crippen molar-refractivity contribution >= 4 is 41.2 Å². The molecule has 0 saturated carbocycles. The van der Waals surface area contributed by atoms with Gasteiger partial charge >= 0.3 is 6.03 Å². The molecule has 0 spiro atoms. The molecule has 1 N–H and O–H groups in total. The molecule has 172 valence electrons. The lowest BCUT2D eigenvalue weighted by molar-refractivity contribution is -0.122. The van der Waals surface area contributed by atoms with Crippen LogP contribution in [-0.2, 0) is 16.0 Å². The third-order valence-corrected chi connectivity index (χ3v) is 5.84. The van der Waals surface area contributed by atoms with Gasteiger partial charge in [0.25, 0.3) is 11.8 Å². The molecule has 1 aliphatic heterocycles. The molecule has 4 amide bonds. The number of para-hydroxylation sites is 1. The predicted molar refractivity (Wildman–Crippen MR) is 132 cm³/mol. The van der Waals surface area contributed by atoms with Crippen LogP contribution in [0.2, 0.25) is 5.02 Å². The number of halogens is 1. The normalized spacial score (nSPS) is 15.0. The Labute approximate surface area is 202 Å². The molecule has 6 nitrogen and oxygen atoms in total. The molecule has 0 atom stereocenters. The highest BCUT2D eigenvalue weighted by molar-refractivity contribution is 6.42. The zero-order valence-electron chi connectivity index (χ0n) is 19.0. The number of anilines is 1. The highest BCUT2D eigenvalue weighted by Gasteiger charge is 2.37. The van der Waals surface area contributed by atoms with Gasteiger partial charge in [0.2, 0.25) is 0 Å². The lowest BCUT2D eigenvalue weighted by atomic mass is 9.95. The van der Waals surface area contributed by atoms with E-state index < -0.39 is 17.8 Å². The monoisotopic (exact) mass is 474 g/mol. The maximum absolute atomic E-state index is 13.3. The van der Waals surface area contributed by atoms with Crippen molar-refractivity contribution < 1.29 is 19.1 Å². The number of aryl methyl sites for hydroxylation is 2. The minimum Gasteiger partial charge on any atom is -0.497 e. The maximum Gasteiger partial charge on any atom is 0.335 e. The van der Waals surface area contributed by atoms with Crippen LogP contribution in [0.1, 0.15) is 27.8 Å². The number of nitrogens with zero attached hydrogens (tertiary/aromatic N) is 1. The fourth-order valence-electron chi connectivity index (χ4n) is 4.06. The van der Waals surface area contributed by atoms with Gasteiger partial charge < -0.3 is 4.74 Å². The second kappa shape index (κ2) is 9.53. The zero-order valence-corrected chi connectivity index (χ0v) is 19.8. The van der Waals surface area contributed by atoms with Crippen molar-refractivity contribution in [2.75, 3.05) is 12.0 Å². The summed E-state index contributed by atoms with van der Waals surface area (Å²) < 4.78 is 5.39. The van der Waals surface area contributed by atoms with E-state index >= 15 is 0 Å². The van der Waals surface area contributed by atoms with Gasteiger partial charge in [0, 0.05) is 0 Å². The van der Waals surface area contributed by atoms with E-state index in [1.807, 2.05) is 19.9 Å². The molecule has 34 heavy (non-hydrogen) atoms. The molecule has 0 aliphatic carbocycles. The van der Waals surface area contributed by atoms with Crippen molar-refractivity contribution in [1.82, 2.24) is 5.32 Å². The molecule has 1 saturated heterocycles. The van der Waals surface area contributed by atoms with E-state index in [0.29, 0.717) is 17.7 Å². The zero-order chi connectivity index (χ0) is 24.4. The Kier molecular flexibility index (Phi) is 6.52. The molecule has 3 aromatic carbocycles. The second-order valence-corrected chi connectivity index (χ2v) is 8.55. The lowest BCUT2D eigenvalue weighted by Gasteiger charge is -2.27. The molecule has 3 aromatic rings. The number of methoxy groups -OCH3 is 1. The van der Waals surface area contributed by atoms with Gasteiger partial charge in [-0.3, -0.25) is 14.9 Å². The first kappa shape index (κ1) is 23.3. The summed E-state index contributed by atoms with van der Waals surface area (Å²) >= 11 is 6.21. The summed E-state index contributed by atoms with van der Waals surface area (Å²) in [5.74, 6) is -0.838. The van der Waals surface area contributed by atoms with Gasteiger partial charge in [-0.05, 0) is 67.3 Å². The molecule has 0 radical (unpaired) electrons. The fourth-order valence-corrected chi connectivity index (χ4v) is 4.28. The number of rotatable bonds is 5. The van der Waals surface area contributed by atoms with Crippen LogP contribution in [0.5, 0.6) is 5.75 Å². The van der Waals surface area contributed by atoms with Gasteiger partial charge in [-0.15, -0.1) is 0 Å². The Hall–Kier alpha value is -3.90. The molecule has 4 rings (SSSR count). The van der Waals surface area contributed by atoms with Crippen LogP contribution >= 0.6 is 11.6 Å². The molecule has 0 bridgehead atoms. The maximum atomic E-state index is 13.3. The molecule has 0 unspecified atom stereocenters. The van der Waals surface area contributed by atoms with E-state index in [2.05, 4.69) is 23.5 Å². The molecule has 0 aromatic heterocycles. The summed E-state index contributed by atoms with van der Waals surface area (Å²) in [5, 5.41) is 2.46. The minimum absolute atomic E-state index is 0.161. The highest BCUT2D eigenvalue weighted by Crippen LogP contribution is 2.30. The SMILES string of the molecule is COc1ccc(/C=C2\C(=O)NC(=O)N(c3ccccc3Cl)C2=O)c(Cc2cc(C)cc(C)c2)c1. The number of benzene rings is 3. The standard InChI is InChI=1S/C27H23ClN2O4/c1-16-10-17(2)12-18(11-16)13-20-14-21(34-3)9-8-19(20)15-22-25(31)29-27(33)30(26(22)32)24-7-5-4-6-23(24)28/h4-12,14-15H,13H2,1-3H3,(H,29,31,33)/b22-15+. The minimum atomic E-state index is -0.842. The van der Waals surface area contributed by atoms with Crippen molar-refractivity contribution in [3.05, 3.63) is 99.1 Å².